The van der Waals surface area contributed by atoms with Gasteiger partial charge in [0.25, 0.3) is 0 Å². The van der Waals surface area contributed by atoms with E-state index in [4.69, 9.17) is 11.6 Å². The zero-order chi connectivity index (χ0) is 20.3. The molecule has 2 amide bonds. The van der Waals surface area contributed by atoms with Gasteiger partial charge < -0.3 is 15.2 Å². The van der Waals surface area contributed by atoms with E-state index in [9.17, 15) is 9.59 Å². The molecule has 0 radical (unpaired) electrons. The van der Waals surface area contributed by atoms with Crippen molar-refractivity contribution in [3.8, 4) is 0 Å². The van der Waals surface area contributed by atoms with Gasteiger partial charge >= 0.3 is 6.03 Å². The molecule has 3 rings (SSSR count). The number of rotatable bonds is 5. The van der Waals surface area contributed by atoms with E-state index >= 15 is 0 Å². The Morgan fingerprint density at radius 1 is 1.07 bits per heavy atom. The van der Waals surface area contributed by atoms with Crippen LogP contribution >= 0.6 is 11.6 Å². The minimum Gasteiger partial charge on any atom is -0.344 e. The molecule has 0 bridgehead atoms. The van der Waals surface area contributed by atoms with Gasteiger partial charge in [-0.3, -0.25) is 4.79 Å². The number of hydrogen-bond acceptors (Lipinski definition) is 2. The Kier molecular flexibility index (Phi) is 5.85. The number of para-hydroxylation sites is 1. The number of hydrogen-bond donors (Lipinski definition) is 2. The van der Waals surface area contributed by atoms with Crippen molar-refractivity contribution in [2.75, 3.05) is 12.4 Å². The Morgan fingerprint density at radius 2 is 1.75 bits per heavy atom. The van der Waals surface area contributed by atoms with Crippen LogP contribution in [0.25, 0.3) is 0 Å². The van der Waals surface area contributed by atoms with E-state index in [-0.39, 0.29) is 11.8 Å². The lowest BCUT2D eigenvalue weighted by molar-refractivity contribution is 0.103. The summed E-state index contributed by atoms with van der Waals surface area (Å²) in [6.45, 7) is 1.93. The summed E-state index contributed by atoms with van der Waals surface area (Å²) < 4.78 is 1.92. The van der Waals surface area contributed by atoms with Crippen molar-refractivity contribution < 1.29 is 9.59 Å². The molecule has 28 heavy (non-hydrogen) atoms. The van der Waals surface area contributed by atoms with Crippen LogP contribution in [0.1, 0.15) is 32.9 Å². The van der Waals surface area contributed by atoms with Crippen LogP contribution in [0.4, 0.5) is 10.5 Å². The van der Waals surface area contributed by atoms with E-state index in [0.717, 1.165) is 22.5 Å². The summed E-state index contributed by atoms with van der Waals surface area (Å²) in [6.07, 6.45) is 0.589. The number of halogens is 1. The Bertz CT molecular complexity index is 1020. The average molecular weight is 396 g/mol. The highest BCUT2D eigenvalue weighted by Crippen LogP contribution is 2.24. The van der Waals surface area contributed by atoms with E-state index in [0.29, 0.717) is 22.7 Å². The fourth-order valence-corrected chi connectivity index (χ4v) is 3.36. The molecule has 0 fully saturated rings. The van der Waals surface area contributed by atoms with Crippen molar-refractivity contribution in [2.45, 2.75) is 13.3 Å². The molecule has 1 aromatic heterocycles. The van der Waals surface area contributed by atoms with E-state index in [1.807, 2.05) is 48.9 Å². The molecule has 0 saturated heterocycles. The Morgan fingerprint density at radius 3 is 2.43 bits per heavy atom. The van der Waals surface area contributed by atoms with Gasteiger partial charge in [0.15, 0.2) is 0 Å². The van der Waals surface area contributed by atoms with Crippen LogP contribution in [0.2, 0.25) is 5.02 Å². The van der Waals surface area contributed by atoms with E-state index in [2.05, 4.69) is 10.6 Å². The minimum absolute atomic E-state index is 0.0420. The second-order valence-corrected chi connectivity index (χ2v) is 7.04. The predicted molar refractivity (Wildman–Crippen MR) is 112 cm³/mol. The van der Waals surface area contributed by atoms with Crippen molar-refractivity contribution in [3.63, 3.8) is 0 Å². The summed E-state index contributed by atoms with van der Waals surface area (Å²) in [5.74, 6) is -0.0420. The van der Waals surface area contributed by atoms with Gasteiger partial charge in [-0.05, 0) is 54.4 Å². The Labute approximate surface area is 169 Å². The van der Waals surface area contributed by atoms with Crippen LogP contribution in [-0.4, -0.2) is 23.4 Å². The fourth-order valence-electron chi connectivity index (χ4n) is 3.24. The Balaban J connectivity index is 1.92. The number of carbonyl (C=O) groups is 2. The first-order valence-electron chi connectivity index (χ1n) is 8.92. The first-order valence-corrected chi connectivity index (χ1v) is 9.30. The number of benzene rings is 2. The van der Waals surface area contributed by atoms with Crippen molar-refractivity contribution >= 4 is 29.1 Å². The highest BCUT2D eigenvalue weighted by molar-refractivity contribution is 6.30. The number of ketones is 1. The maximum Gasteiger partial charge on any atom is 0.318 e. The number of carbonyl (C=O) groups excluding carboxylic acids is 2. The lowest BCUT2D eigenvalue weighted by atomic mass is 10.1. The molecule has 144 valence electrons. The summed E-state index contributed by atoms with van der Waals surface area (Å²) in [5.41, 5.74) is 4.86. The van der Waals surface area contributed by atoms with Gasteiger partial charge in [-0.2, -0.15) is 0 Å². The fraction of sp³-hybridized carbons (Fsp3) is 0.182. The molecule has 3 aromatic rings. The molecular weight excluding hydrogens is 374 g/mol. The monoisotopic (exact) mass is 395 g/mol. The first-order chi connectivity index (χ1) is 13.4. The maximum absolute atomic E-state index is 13.0. The maximum atomic E-state index is 13.0. The van der Waals surface area contributed by atoms with Gasteiger partial charge in [-0.25, -0.2) is 4.79 Å². The number of nitrogens with zero attached hydrogens (tertiary/aromatic N) is 1. The van der Waals surface area contributed by atoms with Gasteiger partial charge in [0.1, 0.15) is 0 Å². The highest BCUT2D eigenvalue weighted by Gasteiger charge is 2.19. The molecule has 0 atom stereocenters. The van der Waals surface area contributed by atoms with Crippen molar-refractivity contribution in [1.29, 1.82) is 0 Å². The molecule has 6 heteroatoms. The summed E-state index contributed by atoms with van der Waals surface area (Å²) in [7, 11) is 3.47. The molecule has 0 saturated carbocycles. The summed E-state index contributed by atoms with van der Waals surface area (Å²) in [5, 5.41) is 5.99. The number of aryl methyl sites for hydroxylation is 1. The van der Waals surface area contributed by atoms with E-state index < -0.39 is 0 Å². The Hall–Kier alpha value is -3.05. The second-order valence-electron chi connectivity index (χ2n) is 6.60. The standard InChI is InChI=1S/C22H22ClN3O2/c1-14-12-18(13-16-6-4-5-7-19(16)25-22(28)24-2)26(3)20(14)21(27)15-8-10-17(23)11-9-15/h4-12H,13H2,1-3H3,(H2,24,25,28). The summed E-state index contributed by atoms with van der Waals surface area (Å²) >= 11 is 5.93. The van der Waals surface area contributed by atoms with Crippen molar-refractivity contribution in [1.82, 2.24) is 9.88 Å². The molecule has 0 aliphatic heterocycles. The van der Waals surface area contributed by atoms with E-state index in [1.54, 1.807) is 31.3 Å². The van der Waals surface area contributed by atoms with Crippen LogP contribution in [-0.2, 0) is 13.5 Å². The zero-order valence-electron chi connectivity index (χ0n) is 16.0. The topological polar surface area (TPSA) is 63.1 Å². The first kappa shape index (κ1) is 19.7. The van der Waals surface area contributed by atoms with Crippen LogP contribution in [0.3, 0.4) is 0 Å². The lowest BCUT2D eigenvalue weighted by Crippen LogP contribution is -2.25. The van der Waals surface area contributed by atoms with Crippen LogP contribution in [0.5, 0.6) is 0 Å². The molecule has 0 unspecified atom stereocenters. The minimum atomic E-state index is -0.269. The second kappa shape index (κ2) is 8.31. The number of aromatic nitrogens is 1. The SMILES string of the molecule is CNC(=O)Nc1ccccc1Cc1cc(C)c(C(=O)c2ccc(Cl)cc2)n1C. The zero-order valence-corrected chi connectivity index (χ0v) is 16.8. The molecule has 1 heterocycles. The highest BCUT2D eigenvalue weighted by atomic mass is 35.5. The van der Waals surface area contributed by atoms with Gasteiger partial charge in [0, 0.05) is 42.5 Å². The molecule has 0 spiro atoms. The molecular formula is C22H22ClN3O2. The van der Waals surface area contributed by atoms with Gasteiger partial charge in [0.05, 0.1) is 5.69 Å². The average Bonchev–Trinajstić information content (AvgIpc) is 2.96. The van der Waals surface area contributed by atoms with Crippen molar-refractivity contribution in [3.05, 3.63) is 87.7 Å². The lowest BCUT2D eigenvalue weighted by Gasteiger charge is -2.12. The molecule has 5 nitrogen and oxygen atoms in total. The quantitative estimate of drug-likeness (QED) is 0.622. The van der Waals surface area contributed by atoms with E-state index in [1.165, 1.54) is 0 Å². The summed E-state index contributed by atoms with van der Waals surface area (Å²) in [4.78, 5) is 24.7. The summed E-state index contributed by atoms with van der Waals surface area (Å²) in [6, 6.07) is 16.3. The number of urea groups is 1. The van der Waals surface area contributed by atoms with Crippen LogP contribution in [0.15, 0.2) is 54.6 Å². The predicted octanol–water partition coefficient (Wildman–Crippen LogP) is 4.56. The van der Waals surface area contributed by atoms with Gasteiger partial charge in [0.2, 0.25) is 5.78 Å². The van der Waals surface area contributed by atoms with Crippen molar-refractivity contribution in [2.24, 2.45) is 7.05 Å². The largest absolute Gasteiger partial charge is 0.344 e. The number of anilines is 1. The molecule has 2 aromatic carbocycles. The third kappa shape index (κ3) is 4.10. The molecule has 0 aliphatic carbocycles. The third-order valence-electron chi connectivity index (χ3n) is 4.71. The van der Waals surface area contributed by atoms with Crippen LogP contribution in [0, 0.1) is 6.92 Å². The molecule has 2 N–H and O–H groups in total. The van der Waals surface area contributed by atoms with Gasteiger partial charge in [-0.15, -0.1) is 0 Å². The number of amides is 2. The number of nitrogens with one attached hydrogen (secondary N) is 2. The third-order valence-corrected chi connectivity index (χ3v) is 4.96. The van der Waals surface area contributed by atoms with Crippen LogP contribution < -0.4 is 10.6 Å². The smallest absolute Gasteiger partial charge is 0.318 e. The normalized spacial score (nSPS) is 10.6. The molecule has 0 aliphatic rings. The van der Waals surface area contributed by atoms with Gasteiger partial charge in [-0.1, -0.05) is 29.8 Å².